The molecule has 0 saturated heterocycles. The zero-order valence-corrected chi connectivity index (χ0v) is 15.5. The second-order valence-corrected chi connectivity index (χ2v) is 6.07. The van der Waals surface area contributed by atoms with Crippen LogP contribution in [0.3, 0.4) is 0 Å². The van der Waals surface area contributed by atoms with Crippen molar-refractivity contribution >= 4 is 17.5 Å². The Morgan fingerprint density at radius 2 is 1.63 bits per heavy atom. The van der Waals surface area contributed by atoms with Crippen molar-refractivity contribution < 1.29 is 19.1 Å². The molecule has 0 radical (unpaired) electrons. The van der Waals surface area contributed by atoms with Crippen molar-refractivity contribution in [2.24, 2.45) is 0 Å². The van der Waals surface area contributed by atoms with Crippen molar-refractivity contribution in [1.82, 2.24) is 5.32 Å². The monoisotopic (exact) mass is 368 g/mol. The minimum absolute atomic E-state index is 0.0989. The lowest BCUT2D eigenvalue weighted by molar-refractivity contribution is -0.136. The molecular weight excluding hydrogens is 344 g/mol. The molecule has 2 rings (SSSR count). The van der Waals surface area contributed by atoms with Crippen LogP contribution in [-0.4, -0.2) is 24.5 Å². The molecule has 0 heterocycles. The summed E-state index contributed by atoms with van der Waals surface area (Å²) in [5, 5.41) is 5.14. The van der Waals surface area contributed by atoms with Crippen LogP contribution in [0.1, 0.15) is 19.4 Å². The van der Waals surface area contributed by atoms with Crippen LogP contribution >= 0.6 is 0 Å². The van der Waals surface area contributed by atoms with Crippen LogP contribution in [0.15, 0.2) is 61.2 Å². The SMILES string of the molecule is C=CCOc1ccc(NC(=O)C(=O)NCc2ccc(OC(C)C)cc2)cc1. The summed E-state index contributed by atoms with van der Waals surface area (Å²) in [5.41, 5.74) is 1.38. The first-order valence-corrected chi connectivity index (χ1v) is 8.66. The fourth-order valence-corrected chi connectivity index (χ4v) is 2.20. The summed E-state index contributed by atoms with van der Waals surface area (Å²) >= 11 is 0. The average Bonchev–Trinajstić information content (AvgIpc) is 2.66. The van der Waals surface area contributed by atoms with Crippen LogP contribution in [0.5, 0.6) is 11.5 Å². The summed E-state index contributed by atoms with van der Waals surface area (Å²) < 4.78 is 10.9. The van der Waals surface area contributed by atoms with Crippen LogP contribution in [0.25, 0.3) is 0 Å². The van der Waals surface area contributed by atoms with Crippen molar-refractivity contribution in [2.45, 2.75) is 26.5 Å². The molecule has 0 aliphatic rings. The van der Waals surface area contributed by atoms with E-state index in [1.54, 1.807) is 30.3 Å². The Kier molecular flexibility index (Phi) is 7.43. The molecule has 2 amide bonds. The van der Waals surface area contributed by atoms with Crippen LogP contribution in [0.4, 0.5) is 5.69 Å². The average molecular weight is 368 g/mol. The van der Waals surface area contributed by atoms with Gasteiger partial charge in [-0.25, -0.2) is 0 Å². The first kappa shape index (κ1) is 20.0. The summed E-state index contributed by atoms with van der Waals surface area (Å²) in [6.45, 7) is 8.13. The summed E-state index contributed by atoms with van der Waals surface area (Å²) in [4.78, 5) is 23.9. The number of amides is 2. The second kappa shape index (κ2) is 10.0. The molecule has 0 fully saturated rings. The highest BCUT2D eigenvalue weighted by atomic mass is 16.5. The van der Waals surface area contributed by atoms with E-state index in [0.717, 1.165) is 11.3 Å². The van der Waals surface area contributed by atoms with E-state index in [0.29, 0.717) is 18.0 Å². The van der Waals surface area contributed by atoms with E-state index >= 15 is 0 Å². The Balaban J connectivity index is 1.81. The fraction of sp³-hybridized carbons (Fsp3) is 0.238. The predicted octanol–water partition coefficient (Wildman–Crippen LogP) is 3.29. The molecule has 0 atom stereocenters. The van der Waals surface area contributed by atoms with Gasteiger partial charge < -0.3 is 20.1 Å². The molecule has 142 valence electrons. The first-order valence-electron chi connectivity index (χ1n) is 8.66. The third kappa shape index (κ3) is 6.86. The standard InChI is InChI=1S/C21H24N2O4/c1-4-13-26-18-11-7-17(8-12-18)23-21(25)20(24)22-14-16-5-9-19(10-6-16)27-15(2)3/h4-12,15H,1,13-14H2,2-3H3,(H,22,24)(H,23,25). The van der Waals surface area contributed by atoms with Gasteiger partial charge in [-0.3, -0.25) is 9.59 Å². The molecule has 0 aliphatic heterocycles. The van der Waals surface area contributed by atoms with Gasteiger partial charge in [0, 0.05) is 12.2 Å². The van der Waals surface area contributed by atoms with Gasteiger partial charge in [-0.15, -0.1) is 0 Å². The van der Waals surface area contributed by atoms with Gasteiger partial charge in [0.2, 0.25) is 0 Å². The lowest BCUT2D eigenvalue weighted by atomic mass is 10.2. The van der Waals surface area contributed by atoms with Crippen LogP contribution in [0, 0.1) is 0 Å². The van der Waals surface area contributed by atoms with Gasteiger partial charge in [0.25, 0.3) is 0 Å². The zero-order chi connectivity index (χ0) is 19.6. The zero-order valence-electron chi connectivity index (χ0n) is 15.5. The van der Waals surface area contributed by atoms with Gasteiger partial charge in [0.15, 0.2) is 0 Å². The second-order valence-electron chi connectivity index (χ2n) is 6.07. The molecule has 6 heteroatoms. The van der Waals surface area contributed by atoms with Crippen LogP contribution in [-0.2, 0) is 16.1 Å². The van der Waals surface area contributed by atoms with Crippen LogP contribution < -0.4 is 20.1 Å². The Bertz CT molecular complexity index is 768. The van der Waals surface area contributed by atoms with Gasteiger partial charge in [-0.2, -0.15) is 0 Å². The lowest BCUT2D eigenvalue weighted by Gasteiger charge is -2.10. The number of benzene rings is 2. The number of rotatable bonds is 8. The number of carbonyl (C=O) groups excluding carboxylic acids is 2. The van der Waals surface area contributed by atoms with Gasteiger partial charge in [0.1, 0.15) is 18.1 Å². The van der Waals surface area contributed by atoms with Crippen molar-refractivity contribution in [3.63, 3.8) is 0 Å². The topological polar surface area (TPSA) is 76.7 Å². The number of carbonyl (C=O) groups is 2. The summed E-state index contributed by atoms with van der Waals surface area (Å²) in [6, 6.07) is 14.1. The highest BCUT2D eigenvalue weighted by Gasteiger charge is 2.13. The molecule has 0 spiro atoms. The van der Waals surface area contributed by atoms with E-state index in [1.165, 1.54) is 0 Å². The molecule has 2 aromatic carbocycles. The van der Waals surface area contributed by atoms with Crippen molar-refractivity contribution in [3.05, 3.63) is 66.7 Å². The highest BCUT2D eigenvalue weighted by Crippen LogP contribution is 2.16. The minimum Gasteiger partial charge on any atom is -0.491 e. The van der Waals surface area contributed by atoms with E-state index in [-0.39, 0.29) is 12.6 Å². The maximum absolute atomic E-state index is 12.0. The van der Waals surface area contributed by atoms with E-state index in [1.807, 2.05) is 38.1 Å². The Morgan fingerprint density at radius 3 is 2.22 bits per heavy atom. The number of hydrogen-bond acceptors (Lipinski definition) is 4. The smallest absolute Gasteiger partial charge is 0.313 e. The van der Waals surface area contributed by atoms with Gasteiger partial charge in [0.05, 0.1) is 6.10 Å². The summed E-state index contributed by atoms with van der Waals surface area (Å²) in [6.07, 6.45) is 1.74. The normalized spacial score (nSPS) is 10.2. The number of ether oxygens (including phenoxy) is 2. The van der Waals surface area contributed by atoms with E-state index in [2.05, 4.69) is 17.2 Å². The molecule has 27 heavy (non-hydrogen) atoms. The molecule has 0 unspecified atom stereocenters. The van der Waals surface area contributed by atoms with Crippen molar-refractivity contribution in [2.75, 3.05) is 11.9 Å². The van der Waals surface area contributed by atoms with Gasteiger partial charge in [-0.05, 0) is 55.8 Å². The Morgan fingerprint density at radius 1 is 1.00 bits per heavy atom. The minimum atomic E-state index is -0.727. The van der Waals surface area contributed by atoms with Crippen molar-refractivity contribution in [1.29, 1.82) is 0 Å². The summed E-state index contributed by atoms with van der Waals surface area (Å²) in [7, 11) is 0. The number of nitrogens with one attached hydrogen (secondary N) is 2. The van der Waals surface area contributed by atoms with Crippen LogP contribution in [0.2, 0.25) is 0 Å². The first-order chi connectivity index (χ1) is 13.0. The molecule has 2 aromatic rings. The molecule has 0 aliphatic carbocycles. The van der Waals surface area contributed by atoms with Gasteiger partial charge in [-0.1, -0.05) is 24.8 Å². The third-order valence-corrected chi connectivity index (χ3v) is 3.43. The third-order valence-electron chi connectivity index (χ3n) is 3.43. The fourth-order valence-electron chi connectivity index (χ4n) is 2.20. The Hall–Kier alpha value is -3.28. The summed E-state index contributed by atoms with van der Waals surface area (Å²) in [5.74, 6) is -0.0143. The maximum atomic E-state index is 12.0. The van der Waals surface area contributed by atoms with Crippen molar-refractivity contribution in [3.8, 4) is 11.5 Å². The highest BCUT2D eigenvalue weighted by molar-refractivity contribution is 6.39. The quantitative estimate of drug-likeness (QED) is 0.554. The van der Waals surface area contributed by atoms with E-state index in [9.17, 15) is 9.59 Å². The lowest BCUT2D eigenvalue weighted by Crippen LogP contribution is -2.34. The largest absolute Gasteiger partial charge is 0.491 e. The number of anilines is 1. The van der Waals surface area contributed by atoms with E-state index in [4.69, 9.17) is 9.47 Å². The molecule has 0 aromatic heterocycles. The molecule has 6 nitrogen and oxygen atoms in total. The molecule has 0 bridgehead atoms. The molecular formula is C21H24N2O4. The van der Waals surface area contributed by atoms with Gasteiger partial charge >= 0.3 is 11.8 Å². The van der Waals surface area contributed by atoms with E-state index < -0.39 is 11.8 Å². The molecule has 0 saturated carbocycles. The molecule has 2 N–H and O–H groups in total. The Labute approximate surface area is 159 Å². The number of hydrogen-bond donors (Lipinski definition) is 2. The maximum Gasteiger partial charge on any atom is 0.313 e. The predicted molar refractivity (Wildman–Crippen MR) is 105 cm³/mol.